The van der Waals surface area contributed by atoms with E-state index in [0.717, 1.165) is 6.07 Å². The van der Waals surface area contributed by atoms with Gasteiger partial charge in [-0.3, -0.25) is 0 Å². The summed E-state index contributed by atoms with van der Waals surface area (Å²) >= 11 is 16.3. The number of rotatable bonds is 2. The number of alkyl halides is 2. The Morgan fingerprint density at radius 2 is 1.92 bits per heavy atom. The molecular formula is C8H6Cl3FO. The normalized spacial score (nSPS) is 13.4. The van der Waals surface area contributed by atoms with Crippen LogP contribution in [0.1, 0.15) is 11.7 Å². The molecule has 0 bridgehead atoms. The standard InChI is InChI=1S/C8H6Cl3FO/c9-5-2-1-4(3-6(5)12)7(13)8(10)11/h1-3,7-8,13H. The van der Waals surface area contributed by atoms with Crippen LogP contribution in [0.15, 0.2) is 18.2 Å². The van der Waals surface area contributed by atoms with E-state index in [2.05, 4.69) is 0 Å². The fourth-order valence-corrected chi connectivity index (χ4v) is 1.25. The molecule has 5 heteroatoms. The molecule has 0 aromatic heterocycles. The van der Waals surface area contributed by atoms with Crippen LogP contribution < -0.4 is 0 Å². The number of aliphatic hydroxyl groups excluding tert-OH is 1. The summed E-state index contributed by atoms with van der Waals surface area (Å²) in [5.74, 6) is -0.604. The monoisotopic (exact) mass is 242 g/mol. The molecular weight excluding hydrogens is 237 g/mol. The number of hydrogen-bond acceptors (Lipinski definition) is 1. The minimum absolute atomic E-state index is 0.00311. The third kappa shape index (κ3) is 2.71. The first-order chi connectivity index (χ1) is 6.02. The molecule has 13 heavy (non-hydrogen) atoms. The van der Waals surface area contributed by atoms with Gasteiger partial charge in [0.1, 0.15) is 16.8 Å². The van der Waals surface area contributed by atoms with Crippen LogP contribution in [0, 0.1) is 5.82 Å². The van der Waals surface area contributed by atoms with Crippen molar-refractivity contribution >= 4 is 34.8 Å². The minimum Gasteiger partial charge on any atom is -0.386 e. The molecule has 1 aromatic rings. The number of halogens is 4. The summed E-state index contributed by atoms with van der Waals surface area (Å²) in [6.07, 6.45) is -1.10. The molecule has 1 rings (SSSR count). The molecule has 1 N–H and O–H groups in total. The summed E-state index contributed by atoms with van der Waals surface area (Å²) in [6, 6.07) is 3.91. The average molecular weight is 243 g/mol. The zero-order valence-electron chi connectivity index (χ0n) is 6.35. The molecule has 0 saturated carbocycles. The Labute approximate surface area is 90.0 Å². The quantitative estimate of drug-likeness (QED) is 0.790. The van der Waals surface area contributed by atoms with Crippen LogP contribution in [-0.4, -0.2) is 9.94 Å². The van der Waals surface area contributed by atoms with Gasteiger partial charge in [-0.1, -0.05) is 17.7 Å². The molecule has 72 valence electrons. The largest absolute Gasteiger partial charge is 0.386 e. The number of aliphatic hydroxyl groups is 1. The van der Waals surface area contributed by atoms with E-state index in [1.807, 2.05) is 0 Å². The summed E-state index contributed by atoms with van der Waals surface area (Å²) in [5, 5.41) is 9.34. The Balaban J connectivity index is 2.97. The number of benzene rings is 1. The molecule has 1 nitrogen and oxygen atoms in total. The summed E-state index contributed by atoms with van der Waals surface area (Å²) in [7, 11) is 0. The summed E-state index contributed by atoms with van der Waals surface area (Å²) in [4.78, 5) is -0.986. The molecule has 0 fully saturated rings. The highest BCUT2D eigenvalue weighted by molar-refractivity contribution is 6.44. The molecule has 0 amide bonds. The van der Waals surface area contributed by atoms with Crippen LogP contribution in [0.2, 0.25) is 5.02 Å². The maximum absolute atomic E-state index is 12.9. The molecule has 0 aliphatic rings. The van der Waals surface area contributed by atoms with Gasteiger partial charge in [-0.2, -0.15) is 0 Å². The zero-order chi connectivity index (χ0) is 10.0. The van der Waals surface area contributed by atoms with Crippen LogP contribution in [0.4, 0.5) is 4.39 Å². The van der Waals surface area contributed by atoms with Crippen molar-refractivity contribution in [3.63, 3.8) is 0 Å². The third-order valence-corrected chi connectivity index (χ3v) is 2.31. The highest BCUT2D eigenvalue weighted by Crippen LogP contribution is 2.26. The lowest BCUT2D eigenvalue weighted by atomic mass is 10.1. The average Bonchev–Trinajstić information content (AvgIpc) is 2.08. The highest BCUT2D eigenvalue weighted by Gasteiger charge is 2.16. The highest BCUT2D eigenvalue weighted by atomic mass is 35.5. The van der Waals surface area contributed by atoms with E-state index >= 15 is 0 Å². The summed E-state index contributed by atoms with van der Waals surface area (Å²) in [5.41, 5.74) is 0.303. The van der Waals surface area contributed by atoms with Crippen LogP contribution in [0.25, 0.3) is 0 Å². The van der Waals surface area contributed by atoms with Crippen LogP contribution in [0.5, 0.6) is 0 Å². The van der Waals surface area contributed by atoms with E-state index in [4.69, 9.17) is 34.8 Å². The number of hydrogen-bond donors (Lipinski definition) is 1. The second-order valence-corrected chi connectivity index (χ2v) is 4.02. The van der Waals surface area contributed by atoms with Gasteiger partial charge in [0, 0.05) is 0 Å². The van der Waals surface area contributed by atoms with Crippen molar-refractivity contribution in [1.29, 1.82) is 0 Å². The maximum atomic E-state index is 12.9. The van der Waals surface area contributed by atoms with Crippen LogP contribution >= 0.6 is 34.8 Å². The summed E-state index contributed by atoms with van der Waals surface area (Å²) < 4.78 is 12.9. The van der Waals surface area contributed by atoms with E-state index in [0.29, 0.717) is 5.56 Å². The fraction of sp³-hybridized carbons (Fsp3) is 0.250. The van der Waals surface area contributed by atoms with E-state index in [-0.39, 0.29) is 5.02 Å². The van der Waals surface area contributed by atoms with E-state index in [9.17, 15) is 9.50 Å². The van der Waals surface area contributed by atoms with Crippen LogP contribution in [-0.2, 0) is 0 Å². The van der Waals surface area contributed by atoms with E-state index in [1.54, 1.807) is 0 Å². The van der Waals surface area contributed by atoms with Crippen molar-refractivity contribution in [2.75, 3.05) is 0 Å². The Hall–Kier alpha value is -0.0200. The van der Waals surface area contributed by atoms with Gasteiger partial charge < -0.3 is 5.11 Å². The lowest BCUT2D eigenvalue weighted by Gasteiger charge is -2.11. The smallest absolute Gasteiger partial charge is 0.142 e. The van der Waals surface area contributed by atoms with Gasteiger partial charge in [0.25, 0.3) is 0 Å². The van der Waals surface area contributed by atoms with E-state index in [1.165, 1.54) is 12.1 Å². The van der Waals surface area contributed by atoms with Crippen molar-refractivity contribution in [2.45, 2.75) is 10.9 Å². The first-order valence-electron chi connectivity index (χ1n) is 3.43. The molecule has 1 atom stereocenters. The lowest BCUT2D eigenvalue weighted by Crippen LogP contribution is -2.06. The molecule has 0 heterocycles. The van der Waals surface area contributed by atoms with Crippen molar-refractivity contribution in [1.82, 2.24) is 0 Å². The van der Waals surface area contributed by atoms with E-state index < -0.39 is 16.8 Å². The molecule has 1 unspecified atom stereocenters. The Morgan fingerprint density at radius 1 is 1.31 bits per heavy atom. The van der Waals surface area contributed by atoms with Crippen LogP contribution in [0.3, 0.4) is 0 Å². The molecule has 1 aromatic carbocycles. The first-order valence-corrected chi connectivity index (χ1v) is 4.68. The van der Waals surface area contributed by atoms with Gasteiger partial charge in [0.2, 0.25) is 0 Å². The predicted molar refractivity (Wildman–Crippen MR) is 51.9 cm³/mol. The van der Waals surface area contributed by atoms with Gasteiger partial charge >= 0.3 is 0 Å². The van der Waals surface area contributed by atoms with Crippen molar-refractivity contribution in [2.24, 2.45) is 0 Å². The van der Waals surface area contributed by atoms with Gasteiger partial charge in [-0.15, -0.1) is 23.2 Å². The maximum Gasteiger partial charge on any atom is 0.142 e. The molecule has 0 radical (unpaired) electrons. The topological polar surface area (TPSA) is 20.2 Å². The van der Waals surface area contributed by atoms with Gasteiger partial charge in [-0.25, -0.2) is 4.39 Å². The minimum atomic E-state index is -1.10. The third-order valence-electron chi connectivity index (χ3n) is 1.52. The zero-order valence-corrected chi connectivity index (χ0v) is 8.61. The molecule has 0 aliphatic heterocycles. The second-order valence-electron chi connectivity index (χ2n) is 2.45. The van der Waals surface area contributed by atoms with Gasteiger partial charge in [0.05, 0.1) is 5.02 Å². The Kier molecular flexibility index (Phi) is 3.80. The molecule has 0 aliphatic carbocycles. The molecule has 0 spiro atoms. The van der Waals surface area contributed by atoms with Gasteiger partial charge in [0.15, 0.2) is 0 Å². The molecule has 0 saturated heterocycles. The Morgan fingerprint density at radius 3 is 2.38 bits per heavy atom. The lowest BCUT2D eigenvalue weighted by molar-refractivity contribution is 0.192. The van der Waals surface area contributed by atoms with Crippen molar-refractivity contribution < 1.29 is 9.50 Å². The SMILES string of the molecule is OC(c1ccc(Cl)c(F)c1)C(Cl)Cl. The first kappa shape index (κ1) is 11.1. The predicted octanol–water partition coefficient (Wildman–Crippen LogP) is 3.32. The second kappa shape index (κ2) is 4.47. The van der Waals surface area contributed by atoms with Crippen molar-refractivity contribution in [3.8, 4) is 0 Å². The van der Waals surface area contributed by atoms with Gasteiger partial charge in [-0.05, 0) is 17.7 Å². The fourth-order valence-electron chi connectivity index (χ4n) is 0.842. The Bertz CT molecular complexity index is 303. The summed E-state index contributed by atoms with van der Waals surface area (Å²) in [6.45, 7) is 0. The van der Waals surface area contributed by atoms with Crippen molar-refractivity contribution in [3.05, 3.63) is 34.6 Å².